The zero-order valence-electron chi connectivity index (χ0n) is 14.9. The third-order valence-electron chi connectivity index (χ3n) is 4.98. The Hall–Kier alpha value is -1.84. The van der Waals surface area contributed by atoms with Gasteiger partial charge in [0, 0.05) is 42.3 Å². The minimum Gasteiger partial charge on any atom is -0.336 e. The summed E-state index contributed by atoms with van der Waals surface area (Å²) in [6, 6.07) is 18.4. The maximum Gasteiger partial charge on any atom is 0.253 e. The molecule has 0 aliphatic carbocycles. The lowest BCUT2D eigenvalue weighted by Gasteiger charge is -2.44. The second-order valence-electron chi connectivity index (χ2n) is 6.89. The van der Waals surface area contributed by atoms with Crippen LogP contribution in [0, 0.1) is 0 Å². The number of benzene rings is 2. The lowest BCUT2D eigenvalue weighted by molar-refractivity contribution is 0.0311. The molecule has 3 nitrogen and oxygen atoms in total. The molecule has 25 heavy (non-hydrogen) atoms. The Balaban J connectivity index is 1.61. The summed E-state index contributed by atoms with van der Waals surface area (Å²) < 4.78 is 0. The molecule has 0 N–H and O–H groups in total. The van der Waals surface area contributed by atoms with Crippen LogP contribution in [-0.4, -0.2) is 47.4 Å². The van der Waals surface area contributed by atoms with E-state index in [1.54, 1.807) is 12.1 Å². The smallest absolute Gasteiger partial charge is 0.253 e. The van der Waals surface area contributed by atoms with Crippen molar-refractivity contribution in [2.45, 2.75) is 32.4 Å². The molecule has 1 heterocycles. The Morgan fingerprint density at radius 2 is 1.60 bits per heavy atom. The topological polar surface area (TPSA) is 23.6 Å². The summed E-state index contributed by atoms with van der Waals surface area (Å²) >= 11 is 5.92. The van der Waals surface area contributed by atoms with Gasteiger partial charge in [-0.2, -0.15) is 0 Å². The van der Waals surface area contributed by atoms with Gasteiger partial charge in [-0.3, -0.25) is 9.69 Å². The van der Waals surface area contributed by atoms with E-state index in [1.165, 1.54) is 5.56 Å². The molecule has 0 saturated carbocycles. The highest BCUT2D eigenvalue weighted by molar-refractivity contribution is 6.30. The number of carbonyl (C=O) groups excluding carboxylic acids is 1. The van der Waals surface area contributed by atoms with Crippen molar-refractivity contribution in [1.82, 2.24) is 9.80 Å². The molecule has 4 heteroatoms. The zero-order valence-corrected chi connectivity index (χ0v) is 15.6. The fourth-order valence-corrected chi connectivity index (χ4v) is 3.77. The normalized spacial score (nSPS) is 21.3. The summed E-state index contributed by atoms with van der Waals surface area (Å²) in [7, 11) is 0. The number of rotatable bonds is 4. The van der Waals surface area contributed by atoms with Crippen LogP contribution in [-0.2, 0) is 6.42 Å². The quantitative estimate of drug-likeness (QED) is 0.822. The number of nitrogens with zero attached hydrogens (tertiary/aromatic N) is 2. The molecule has 2 aromatic rings. The van der Waals surface area contributed by atoms with E-state index in [-0.39, 0.29) is 5.91 Å². The number of piperazine rings is 1. The van der Waals surface area contributed by atoms with E-state index in [4.69, 9.17) is 11.6 Å². The van der Waals surface area contributed by atoms with Gasteiger partial charge in [0.05, 0.1) is 0 Å². The van der Waals surface area contributed by atoms with Crippen LogP contribution in [0.2, 0.25) is 5.02 Å². The van der Waals surface area contributed by atoms with Crippen molar-refractivity contribution in [2.75, 3.05) is 19.6 Å². The first-order chi connectivity index (χ1) is 12.0. The van der Waals surface area contributed by atoms with Crippen LogP contribution in [0.4, 0.5) is 0 Å². The average Bonchev–Trinajstić information content (AvgIpc) is 2.62. The SMILES string of the molecule is CC1CN(C(=O)c2ccc(Cl)cc2)CC(C)N1CCc1ccccc1. The number of carbonyl (C=O) groups is 1. The Bertz CT molecular complexity index is 690. The van der Waals surface area contributed by atoms with Crippen LogP contribution < -0.4 is 0 Å². The van der Waals surface area contributed by atoms with Crippen LogP contribution in [0.3, 0.4) is 0 Å². The minimum absolute atomic E-state index is 0.0954. The van der Waals surface area contributed by atoms with Gasteiger partial charge in [-0.1, -0.05) is 41.9 Å². The molecule has 132 valence electrons. The second-order valence-corrected chi connectivity index (χ2v) is 7.32. The monoisotopic (exact) mass is 356 g/mol. The first kappa shape index (κ1) is 18.0. The Morgan fingerprint density at radius 3 is 2.20 bits per heavy atom. The fraction of sp³-hybridized carbons (Fsp3) is 0.381. The molecule has 0 spiro atoms. The third kappa shape index (κ3) is 4.42. The average molecular weight is 357 g/mol. The standard InChI is InChI=1S/C21H25ClN2O/c1-16-14-23(21(25)19-8-10-20(22)11-9-19)15-17(2)24(16)13-12-18-6-4-3-5-7-18/h3-11,16-17H,12-15H2,1-2H3. The van der Waals surface area contributed by atoms with E-state index in [2.05, 4.69) is 49.1 Å². The van der Waals surface area contributed by atoms with Gasteiger partial charge in [0.2, 0.25) is 0 Å². The molecule has 0 radical (unpaired) electrons. The van der Waals surface area contributed by atoms with Gasteiger partial charge >= 0.3 is 0 Å². The van der Waals surface area contributed by atoms with Crippen LogP contribution in [0.25, 0.3) is 0 Å². The molecule has 0 aromatic heterocycles. The van der Waals surface area contributed by atoms with Crippen molar-refractivity contribution in [3.8, 4) is 0 Å². The van der Waals surface area contributed by atoms with Gasteiger partial charge in [0.25, 0.3) is 5.91 Å². The second kappa shape index (κ2) is 8.03. The van der Waals surface area contributed by atoms with Crippen LogP contribution in [0.5, 0.6) is 0 Å². The highest BCUT2D eigenvalue weighted by atomic mass is 35.5. The van der Waals surface area contributed by atoms with Gasteiger partial charge in [-0.15, -0.1) is 0 Å². The van der Waals surface area contributed by atoms with E-state index in [9.17, 15) is 4.79 Å². The summed E-state index contributed by atoms with van der Waals surface area (Å²) in [5.74, 6) is 0.0954. The minimum atomic E-state index is 0.0954. The molecule has 1 amide bonds. The van der Waals surface area contributed by atoms with Crippen molar-refractivity contribution >= 4 is 17.5 Å². The van der Waals surface area contributed by atoms with E-state index >= 15 is 0 Å². The largest absolute Gasteiger partial charge is 0.336 e. The van der Waals surface area contributed by atoms with Crippen molar-refractivity contribution in [1.29, 1.82) is 0 Å². The Morgan fingerprint density at radius 1 is 1.00 bits per heavy atom. The molecule has 1 saturated heterocycles. The number of amides is 1. The molecule has 2 unspecified atom stereocenters. The molecule has 1 fully saturated rings. The van der Waals surface area contributed by atoms with Crippen molar-refractivity contribution in [2.24, 2.45) is 0 Å². The highest BCUT2D eigenvalue weighted by Gasteiger charge is 2.31. The van der Waals surface area contributed by atoms with Gasteiger partial charge in [-0.25, -0.2) is 0 Å². The van der Waals surface area contributed by atoms with E-state index in [0.29, 0.717) is 22.7 Å². The van der Waals surface area contributed by atoms with E-state index in [0.717, 1.165) is 26.1 Å². The first-order valence-electron chi connectivity index (χ1n) is 8.89. The fourth-order valence-electron chi connectivity index (χ4n) is 3.64. The molecule has 1 aliphatic rings. The summed E-state index contributed by atoms with van der Waals surface area (Å²) in [5, 5.41) is 0.656. The number of hydrogen-bond acceptors (Lipinski definition) is 2. The molecule has 2 aromatic carbocycles. The summed E-state index contributed by atoms with van der Waals surface area (Å²) in [6.45, 7) is 6.97. The number of hydrogen-bond donors (Lipinski definition) is 0. The molecule has 1 aliphatic heterocycles. The summed E-state index contributed by atoms with van der Waals surface area (Å²) in [6.07, 6.45) is 1.04. The van der Waals surface area contributed by atoms with Crippen molar-refractivity contribution in [3.05, 3.63) is 70.7 Å². The molecule has 3 rings (SSSR count). The zero-order chi connectivity index (χ0) is 17.8. The first-order valence-corrected chi connectivity index (χ1v) is 9.27. The van der Waals surface area contributed by atoms with Crippen LogP contribution in [0.1, 0.15) is 29.8 Å². The maximum atomic E-state index is 12.8. The van der Waals surface area contributed by atoms with Crippen molar-refractivity contribution < 1.29 is 4.79 Å². The van der Waals surface area contributed by atoms with Gasteiger partial charge in [-0.05, 0) is 50.1 Å². The van der Waals surface area contributed by atoms with Gasteiger partial charge in [0.1, 0.15) is 0 Å². The van der Waals surface area contributed by atoms with Gasteiger partial charge in [0.15, 0.2) is 0 Å². The summed E-state index contributed by atoms with van der Waals surface area (Å²) in [5.41, 5.74) is 2.07. The summed E-state index contributed by atoms with van der Waals surface area (Å²) in [4.78, 5) is 17.2. The lowest BCUT2D eigenvalue weighted by atomic mass is 10.0. The predicted octanol–water partition coefficient (Wildman–Crippen LogP) is 4.12. The molecular weight excluding hydrogens is 332 g/mol. The molecule has 2 atom stereocenters. The van der Waals surface area contributed by atoms with E-state index < -0.39 is 0 Å². The molecule has 0 bridgehead atoms. The Labute approximate surface area is 155 Å². The highest BCUT2D eigenvalue weighted by Crippen LogP contribution is 2.19. The molecular formula is C21H25ClN2O. The van der Waals surface area contributed by atoms with Crippen LogP contribution >= 0.6 is 11.6 Å². The lowest BCUT2D eigenvalue weighted by Crippen LogP contribution is -2.58. The van der Waals surface area contributed by atoms with Gasteiger partial charge < -0.3 is 4.90 Å². The Kier molecular flexibility index (Phi) is 5.77. The number of halogens is 1. The van der Waals surface area contributed by atoms with Crippen molar-refractivity contribution in [3.63, 3.8) is 0 Å². The predicted molar refractivity (Wildman–Crippen MR) is 103 cm³/mol. The van der Waals surface area contributed by atoms with E-state index in [1.807, 2.05) is 17.0 Å². The maximum absolute atomic E-state index is 12.8. The van der Waals surface area contributed by atoms with Crippen LogP contribution in [0.15, 0.2) is 54.6 Å². The third-order valence-corrected chi connectivity index (χ3v) is 5.23.